The van der Waals surface area contributed by atoms with Gasteiger partial charge in [0.25, 0.3) is 0 Å². The summed E-state index contributed by atoms with van der Waals surface area (Å²) < 4.78 is 5.50. The van der Waals surface area contributed by atoms with Crippen LogP contribution in [0.1, 0.15) is 17.3 Å². The van der Waals surface area contributed by atoms with Crippen LogP contribution in [-0.4, -0.2) is 5.78 Å². The summed E-state index contributed by atoms with van der Waals surface area (Å²) in [4.78, 5) is 11.1. The maximum Gasteiger partial charge on any atom is 0.159 e. The molecule has 1 aromatic carbocycles. The first-order valence-electron chi connectivity index (χ1n) is 4.91. The SMILES string of the molecule is C=C/C=C(\C=C)Oc1ccc(C(C)=O)cc1. The molecule has 2 heteroatoms. The molecule has 1 rings (SSSR count). The molecule has 2 nitrogen and oxygen atoms in total. The molecule has 0 saturated heterocycles. The minimum atomic E-state index is 0.0390. The summed E-state index contributed by atoms with van der Waals surface area (Å²) >= 11 is 0. The van der Waals surface area contributed by atoms with Crippen LogP contribution in [0.25, 0.3) is 0 Å². The molecule has 1 aromatic rings. The molecule has 16 heavy (non-hydrogen) atoms. The molecule has 0 heterocycles. The van der Waals surface area contributed by atoms with Crippen molar-refractivity contribution in [2.24, 2.45) is 0 Å². The fourth-order valence-electron chi connectivity index (χ4n) is 1.15. The second-order valence-electron chi connectivity index (χ2n) is 3.19. The minimum absolute atomic E-state index is 0.0390. The van der Waals surface area contributed by atoms with E-state index in [2.05, 4.69) is 13.2 Å². The van der Waals surface area contributed by atoms with Gasteiger partial charge in [0.1, 0.15) is 11.5 Å². The molecule has 0 aliphatic heterocycles. The van der Waals surface area contributed by atoms with Gasteiger partial charge in [0, 0.05) is 5.56 Å². The molecule has 0 unspecified atom stereocenters. The van der Waals surface area contributed by atoms with Crippen LogP contribution >= 0.6 is 0 Å². The highest BCUT2D eigenvalue weighted by atomic mass is 16.5. The molecule has 0 aliphatic carbocycles. The Bertz CT molecular complexity index is 425. The second-order valence-corrected chi connectivity index (χ2v) is 3.19. The van der Waals surface area contributed by atoms with Gasteiger partial charge in [0.2, 0.25) is 0 Å². The quantitative estimate of drug-likeness (QED) is 0.426. The summed E-state index contributed by atoms with van der Waals surface area (Å²) in [6.07, 6.45) is 4.94. The number of carbonyl (C=O) groups is 1. The van der Waals surface area contributed by atoms with Crippen molar-refractivity contribution in [2.45, 2.75) is 6.92 Å². The monoisotopic (exact) mass is 214 g/mol. The molecular formula is C14H14O2. The van der Waals surface area contributed by atoms with Gasteiger partial charge in [0.05, 0.1) is 0 Å². The van der Waals surface area contributed by atoms with Gasteiger partial charge in [0.15, 0.2) is 5.78 Å². The Balaban J connectivity index is 2.82. The van der Waals surface area contributed by atoms with Crippen molar-refractivity contribution in [2.75, 3.05) is 0 Å². The Morgan fingerprint density at radius 1 is 1.25 bits per heavy atom. The van der Waals surface area contributed by atoms with Crippen molar-refractivity contribution in [1.29, 1.82) is 0 Å². The van der Waals surface area contributed by atoms with E-state index in [1.165, 1.54) is 6.92 Å². The van der Waals surface area contributed by atoms with Crippen LogP contribution in [-0.2, 0) is 0 Å². The van der Waals surface area contributed by atoms with Gasteiger partial charge >= 0.3 is 0 Å². The van der Waals surface area contributed by atoms with E-state index in [0.717, 1.165) is 0 Å². The number of benzene rings is 1. The number of Topliss-reactive ketones (excluding diaryl/α,β-unsaturated/α-hetero) is 1. The number of hydrogen-bond acceptors (Lipinski definition) is 2. The zero-order valence-corrected chi connectivity index (χ0v) is 9.27. The average molecular weight is 214 g/mol. The van der Waals surface area contributed by atoms with Crippen molar-refractivity contribution in [3.05, 3.63) is 67.0 Å². The largest absolute Gasteiger partial charge is 0.457 e. The molecule has 0 aliphatic rings. The predicted molar refractivity (Wildman–Crippen MR) is 65.6 cm³/mol. The lowest BCUT2D eigenvalue weighted by Crippen LogP contribution is -1.94. The van der Waals surface area contributed by atoms with E-state index in [0.29, 0.717) is 17.1 Å². The summed E-state index contributed by atoms with van der Waals surface area (Å²) in [7, 11) is 0. The number of ketones is 1. The first-order chi connectivity index (χ1) is 7.67. The molecule has 0 N–H and O–H groups in total. The Morgan fingerprint density at radius 2 is 1.88 bits per heavy atom. The second kappa shape index (κ2) is 5.71. The molecule has 0 bridgehead atoms. The topological polar surface area (TPSA) is 26.3 Å². The third-order valence-electron chi connectivity index (χ3n) is 1.98. The first kappa shape index (κ1) is 12.0. The van der Waals surface area contributed by atoms with Crippen LogP contribution in [0, 0.1) is 0 Å². The van der Waals surface area contributed by atoms with E-state index >= 15 is 0 Å². The van der Waals surface area contributed by atoms with E-state index < -0.39 is 0 Å². The van der Waals surface area contributed by atoms with Gasteiger partial charge in [-0.25, -0.2) is 0 Å². The van der Waals surface area contributed by atoms with Gasteiger partial charge in [-0.05, 0) is 43.3 Å². The van der Waals surface area contributed by atoms with Crippen molar-refractivity contribution in [3.8, 4) is 5.75 Å². The third kappa shape index (κ3) is 3.24. The molecule has 0 amide bonds. The molecule has 0 radical (unpaired) electrons. The van der Waals surface area contributed by atoms with E-state index in [1.807, 2.05) is 0 Å². The number of rotatable bonds is 5. The van der Waals surface area contributed by atoms with Gasteiger partial charge in [-0.3, -0.25) is 4.79 Å². The van der Waals surface area contributed by atoms with Gasteiger partial charge in [-0.15, -0.1) is 0 Å². The highest BCUT2D eigenvalue weighted by Gasteiger charge is 2.00. The minimum Gasteiger partial charge on any atom is -0.457 e. The van der Waals surface area contributed by atoms with E-state index in [9.17, 15) is 4.79 Å². The van der Waals surface area contributed by atoms with Crippen LogP contribution in [0.2, 0.25) is 0 Å². The van der Waals surface area contributed by atoms with Crippen LogP contribution in [0.4, 0.5) is 0 Å². The lowest BCUT2D eigenvalue weighted by atomic mass is 10.1. The highest BCUT2D eigenvalue weighted by molar-refractivity contribution is 5.94. The first-order valence-corrected chi connectivity index (χ1v) is 4.91. The van der Waals surface area contributed by atoms with E-state index in [1.54, 1.807) is 42.5 Å². The smallest absolute Gasteiger partial charge is 0.159 e. The zero-order chi connectivity index (χ0) is 12.0. The maximum absolute atomic E-state index is 11.1. The van der Waals surface area contributed by atoms with E-state index in [-0.39, 0.29) is 5.78 Å². The van der Waals surface area contributed by atoms with Gasteiger partial charge in [-0.2, -0.15) is 0 Å². The normalized spacial score (nSPS) is 10.7. The van der Waals surface area contributed by atoms with Gasteiger partial charge < -0.3 is 4.74 Å². The number of allylic oxidation sites excluding steroid dienone is 3. The van der Waals surface area contributed by atoms with Gasteiger partial charge in [-0.1, -0.05) is 19.2 Å². The Morgan fingerprint density at radius 3 is 2.31 bits per heavy atom. The molecular weight excluding hydrogens is 200 g/mol. The third-order valence-corrected chi connectivity index (χ3v) is 1.98. The summed E-state index contributed by atoms with van der Waals surface area (Å²) in [5, 5.41) is 0. The fourth-order valence-corrected chi connectivity index (χ4v) is 1.15. The predicted octanol–water partition coefficient (Wildman–Crippen LogP) is 3.52. The van der Waals surface area contributed by atoms with Crippen molar-refractivity contribution in [3.63, 3.8) is 0 Å². The number of ether oxygens (including phenoxy) is 1. The van der Waals surface area contributed by atoms with Crippen LogP contribution in [0.5, 0.6) is 5.75 Å². The van der Waals surface area contributed by atoms with Crippen LogP contribution in [0.15, 0.2) is 61.4 Å². The lowest BCUT2D eigenvalue weighted by molar-refractivity contribution is 0.101. The summed E-state index contributed by atoms with van der Waals surface area (Å²) in [6.45, 7) is 8.74. The molecule has 0 saturated carbocycles. The molecule has 0 spiro atoms. The summed E-state index contributed by atoms with van der Waals surface area (Å²) in [6, 6.07) is 6.95. The number of hydrogen-bond donors (Lipinski definition) is 0. The van der Waals surface area contributed by atoms with E-state index in [4.69, 9.17) is 4.74 Å². The van der Waals surface area contributed by atoms with Crippen molar-refractivity contribution < 1.29 is 9.53 Å². The fraction of sp³-hybridized carbons (Fsp3) is 0.0714. The number of carbonyl (C=O) groups excluding carboxylic acids is 1. The lowest BCUT2D eigenvalue weighted by Gasteiger charge is -2.05. The Kier molecular flexibility index (Phi) is 4.28. The van der Waals surface area contributed by atoms with Crippen molar-refractivity contribution in [1.82, 2.24) is 0 Å². The molecule has 0 fully saturated rings. The van der Waals surface area contributed by atoms with Crippen molar-refractivity contribution >= 4 is 5.78 Å². The van der Waals surface area contributed by atoms with Crippen LogP contribution in [0.3, 0.4) is 0 Å². The molecule has 82 valence electrons. The van der Waals surface area contributed by atoms with Crippen LogP contribution < -0.4 is 4.74 Å². The summed E-state index contributed by atoms with van der Waals surface area (Å²) in [5.41, 5.74) is 0.667. The Hall–Kier alpha value is -2.09. The molecule has 0 aromatic heterocycles. The molecule has 0 atom stereocenters. The maximum atomic E-state index is 11.1. The average Bonchev–Trinajstić information content (AvgIpc) is 2.29. The zero-order valence-electron chi connectivity index (χ0n) is 9.27. The standard InChI is InChI=1S/C14H14O2/c1-4-6-13(5-2)16-14-9-7-12(8-10-14)11(3)15/h4-10H,1-2H2,3H3/b13-6+. The highest BCUT2D eigenvalue weighted by Crippen LogP contribution is 2.15. The Labute approximate surface area is 95.6 Å². The summed E-state index contributed by atoms with van der Waals surface area (Å²) in [5.74, 6) is 1.32.